The molecule has 2 aliphatic heterocycles. The number of anilines is 1. The van der Waals surface area contributed by atoms with Crippen molar-refractivity contribution in [1.29, 1.82) is 0 Å². The second-order valence-electron chi connectivity index (χ2n) is 10.3. The molecule has 4 N–H and O–H groups in total. The minimum absolute atomic E-state index is 0.135. The summed E-state index contributed by atoms with van der Waals surface area (Å²) in [5, 5.41) is 13.0. The van der Waals surface area contributed by atoms with Crippen LogP contribution in [0.25, 0.3) is 0 Å². The molecule has 33 heavy (non-hydrogen) atoms. The maximum absolute atomic E-state index is 13.3. The van der Waals surface area contributed by atoms with Crippen molar-refractivity contribution in [3.05, 3.63) is 29.3 Å². The molecule has 5 rings (SSSR count). The maximum Gasteiger partial charge on any atom is 0.255 e. The van der Waals surface area contributed by atoms with E-state index >= 15 is 0 Å². The van der Waals surface area contributed by atoms with Gasteiger partial charge in [0.2, 0.25) is 11.8 Å². The third-order valence-electron chi connectivity index (χ3n) is 8.05. The predicted molar refractivity (Wildman–Crippen MR) is 123 cm³/mol. The highest BCUT2D eigenvalue weighted by Gasteiger charge is 2.41. The average molecular weight is 455 g/mol. The number of rotatable bonds is 7. The lowest BCUT2D eigenvalue weighted by atomic mass is 9.81. The van der Waals surface area contributed by atoms with Crippen LogP contribution >= 0.6 is 0 Å². The second-order valence-corrected chi connectivity index (χ2v) is 10.3. The molecule has 8 nitrogen and oxygen atoms in total. The van der Waals surface area contributed by atoms with Crippen molar-refractivity contribution in [1.82, 2.24) is 10.2 Å². The Morgan fingerprint density at radius 1 is 1.12 bits per heavy atom. The monoisotopic (exact) mass is 454 g/mol. The topological polar surface area (TPSA) is 116 Å². The zero-order valence-corrected chi connectivity index (χ0v) is 19.1. The van der Waals surface area contributed by atoms with Gasteiger partial charge in [0.15, 0.2) is 0 Å². The van der Waals surface area contributed by atoms with Gasteiger partial charge in [0.05, 0.1) is 5.60 Å². The predicted octanol–water partition coefficient (Wildman–Crippen LogP) is 1.69. The SMILES string of the molecule is NCC1(O)CCC(N(CCC2CC2)c2cccc3c2CN(C2CCC(=O)NC2=O)C3=O)CC1. The van der Waals surface area contributed by atoms with Crippen molar-refractivity contribution in [2.45, 2.75) is 82.0 Å². The Hall–Kier alpha value is -2.45. The van der Waals surface area contributed by atoms with Crippen molar-refractivity contribution in [3.8, 4) is 0 Å². The van der Waals surface area contributed by atoms with E-state index in [1.54, 1.807) is 4.90 Å². The molecular weight excluding hydrogens is 420 g/mol. The Morgan fingerprint density at radius 3 is 2.55 bits per heavy atom. The van der Waals surface area contributed by atoms with Crippen molar-refractivity contribution >= 4 is 23.4 Å². The Balaban J connectivity index is 1.40. The van der Waals surface area contributed by atoms with Crippen LogP contribution in [0.3, 0.4) is 0 Å². The number of nitrogens with two attached hydrogens (primary N) is 1. The number of carbonyl (C=O) groups is 3. The highest BCUT2D eigenvalue weighted by Crippen LogP contribution is 2.40. The van der Waals surface area contributed by atoms with Crippen molar-refractivity contribution in [2.75, 3.05) is 18.0 Å². The first-order valence-corrected chi connectivity index (χ1v) is 12.3. The van der Waals surface area contributed by atoms with Crippen LogP contribution in [0.15, 0.2) is 18.2 Å². The van der Waals surface area contributed by atoms with Crippen LogP contribution in [-0.2, 0) is 16.1 Å². The molecule has 2 heterocycles. The van der Waals surface area contributed by atoms with Gasteiger partial charge in [-0.25, -0.2) is 0 Å². The van der Waals surface area contributed by atoms with Gasteiger partial charge in [-0.05, 0) is 56.6 Å². The van der Waals surface area contributed by atoms with E-state index in [0.717, 1.165) is 43.0 Å². The number of fused-ring (bicyclic) bond motifs is 1. The van der Waals surface area contributed by atoms with Gasteiger partial charge in [0.25, 0.3) is 5.91 Å². The van der Waals surface area contributed by atoms with Crippen molar-refractivity contribution in [3.63, 3.8) is 0 Å². The van der Waals surface area contributed by atoms with Crippen LogP contribution in [-0.4, -0.2) is 58.5 Å². The maximum atomic E-state index is 13.3. The molecule has 0 bridgehead atoms. The highest BCUT2D eigenvalue weighted by molar-refractivity contribution is 6.06. The van der Waals surface area contributed by atoms with Gasteiger partial charge in [-0.2, -0.15) is 0 Å². The molecule has 0 radical (unpaired) electrons. The summed E-state index contributed by atoms with van der Waals surface area (Å²) in [7, 11) is 0. The number of benzene rings is 1. The number of hydrogen-bond donors (Lipinski definition) is 3. The Morgan fingerprint density at radius 2 is 1.88 bits per heavy atom. The molecule has 1 saturated heterocycles. The molecule has 3 amide bonds. The molecule has 2 aliphatic carbocycles. The molecule has 0 spiro atoms. The molecular formula is C25H34N4O4. The van der Waals surface area contributed by atoms with E-state index in [2.05, 4.69) is 16.3 Å². The summed E-state index contributed by atoms with van der Waals surface area (Å²) in [6, 6.07) is 5.56. The zero-order valence-electron chi connectivity index (χ0n) is 19.1. The first kappa shape index (κ1) is 22.3. The lowest BCUT2D eigenvalue weighted by Crippen LogP contribution is -2.52. The lowest BCUT2D eigenvalue weighted by Gasteiger charge is -2.42. The molecule has 4 aliphatic rings. The largest absolute Gasteiger partial charge is 0.389 e. The number of nitrogens with one attached hydrogen (secondary N) is 1. The number of hydrogen-bond acceptors (Lipinski definition) is 6. The molecule has 1 atom stereocenters. The summed E-state index contributed by atoms with van der Waals surface area (Å²) in [6.45, 7) is 1.60. The minimum atomic E-state index is -0.768. The minimum Gasteiger partial charge on any atom is -0.389 e. The lowest BCUT2D eigenvalue weighted by molar-refractivity contribution is -0.136. The molecule has 1 aromatic carbocycles. The molecule has 2 saturated carbocycles. The summed E-state index contributed by atoms with van der Waals surface area (Å²) < 4.78 is 0. The fourth-order valence-electron chi connectivity index (χ4n) is 5.72. The van der Waals surface area contributed by atoms with E-state index in [9.17, 15) is 19.5 Å². The number of imide groups is 1. The summed E-state index contributed by atoms with van der Waals surface area (Å²) in [6.07, 6.45) is 7.44. The van der Waals surface area contributed by atoms with Crippen LogP contribution in [0, 0.1) is 5.92 Å². The Bertz CT molecular complexity index is 952. The molecule has 8 heteroatoms. The molecule has 3 fully saturated rings. The third kappa shape index (κ3) is 4.38. The van der Waals surface area contributed by atoms with Gasteiger partial charge in [0.1, 0.15) is 6.04 Å². The van der Waals surface area contributed by atoms with Crippen LogP contribution in [0.2, 0.25) is 0 Å². The van der Waals surface area contributed by atoms with Gasteiger partial charge in [-0.3, -0.25) is 19.7 Å². The summed E-state index contributed by atoms with van der Waals surface area (Å²) in [5.41, 5.74) is 7.74. The van der Waals surface area contributed by atoms with Gasteiger partial charge in [-0.1, -0.05) is 18.9 Å². The van der Waals surface area contributed by atoms with Gasteiger partial charge >= 0.3 is 0 Å². The normalized spacial score (nSPS) is 29.8. The highest BCUT2D eigenvalue weighted by atomic mass is 16.3. The van der Waals surface area contributed by atoms with Gasteiger partial charge in [-0.15, -0.1) is 0 Å². The first-order valence-electron chi connectivity index (χ1n) is 12.3. The number of aliphatic hydroxyl groups is 1. The van der Waals surface area contributed by atoms with E-state index in [1.807, 2.05) is 12.1 Å². The van der Waals surface area contributed by atoms with Crippen molar-refractivity contribution < 1.29 is 19.5 Å². The van der Waals surface area contributed by atoms with E-state index in [0.29, 0.717) is 37.4 Å². The number of amides is 3. The summed E-state index contributed by atoms with van der Waals surface area (Å²) >= 11 is 0. The molecule has 1 unspecified atom stereocenters. The number of nitrogens with zero attached hydrogens (tertiary/aromatic N) is 2. The van der Waals surface area contributed by atoms with Gasteiger partial charge < -0.3 is 20.6 Å². The van der Waals surface area contributed by atoms with Crippen LogP contribution in [0.5, 0.6) is 0 Å². The quantitative estimate of drug-likeness (QED) is 0.540. The van der Waals surface area contributed by atoms with E-state index in [1.165, 1.54) is 12.8 Å². The van der Waals surface area contributed by atoms with E-state index in [4.69, 9.17) is 5.73 Å². The number of carbonyl (C=O) groups excluding carboxylic acids is 3. The molecule has 1 aromatic rings. The second kappa shape index (κ2) is 8.72. The zero-order chi connectivity index (χ0) is 23.2. The van der Waals surface area contributed by atoms with Crippen LogP contribution in [0.1, 0.15) is 73.7 Å². The summed E-state index contributed by atoms with van der Waals surface area (Å²) in [4.78, 5) is 41.4. The number of piperidine rings is 1. The molecule has 0 aromatic heterocycles. The standard InChI is InChI=1S/C25H34N4O4/c26-15-25(33)11-8-17(9-12-25)28(13-10-16-4-5-16)20-3-1-2-18-19(20)14-29(24(18)32)21-6-7-22(30)27-23(21)31/h1-3,16-17,21,33H,4-15,26H2,(H,27,30,31). The van der Waals surface area contributed by atoms with Gasteiger partial charge in [0, 0.05) is 48.9 Å². The smallest absolute Gasteiger partial charge is 0.255 e. The molecule has 178 valence electrons. The third-order valence-corrected chi connectivity index (χ3v) is 8.05. The van der Waals surface area contributed by atoms with E-state index < -0.39 is 11.6 Å². The van der Waals surface area contributed by atoms with Crippen LogP contribution in [0.4, 0.5) is 5.69 Å². The first-order chi connectivity index (χ1) is 15.9. The van der Waals surface area contributed by atoms with Crippen LogP contribution < -0.4 is 16.0 Å². The fraction of sp³-hybridized carbons (Fsp3) is 0.640. The summed E-state index contributed by atoms with van der Waals surface area (Å²) in [5.74, 6) is -0.00458. The van der Waals surface area contributed by atoms with E-state index in [-0.39, 0.29) is 30.7 Å². The fourth-order valence-corrected chi connectivity index (χ4v) is 5.72. The Labute approximate surface area is 194 Å². The average Bonchev–Trinajstić information content (AvgIpc) is 3.58. The Kier molecular flexibility index (Phi) is 5.91. The van der Waals surface area contributed by atoms with Crippen molar-refractivity contribution in [2.24, 2.45) is 11.7 Å².